The minimum absolute atomic E-state index is 0.191. The van der Waals surface area contributed by atoms with Crippen molar-refractivity contribution in [3.05, 3.63) is 28.2 Å². The van der Waals surface area contributed by atoms with E-state index in [1.807, 2.05) is 0 Å². The van der Waals surface area contributed by atoms with Crippen LogP contribution in [0.4, 0.5) is 0 Å². The molecule has 0 radical (unpaired) electrons. The van der Waals surface area contributed by atoms with Crippen molar-refractivity contribution in [3.63, 3.8) is 0 Å². The van der Waals surface area contributed by atoms with Crippen LogP contribution >= 0.6 is 23.2 Å². The van der Waals surface area contributed by atoms with Crippen molar-refractivity contribution in [2.24, 2.45) is 0 Å². The summed E-state index contributed by atoms with van der Waals surface area (Å²) in [6.45, 7) is -0.191. The van der Waals surface area contributed by atoms with Gasteiger partial charge >= 0.3 is 0 Å². The lowest BCUT2D eigenvalue weighted by atomic mass is 9.78. The summed E-state index contributed by atoms with van der Waals surface area (Å²) in [6, 6.07) is 6.90. The maximum Gasteiger partial charge on any atom is 0.259 e. The summed E-state index contributed by atoms with van der Waals surface area (Å²) in [5.41, 5.74) is -0.710. The molecule has 1 aromatic carbocycles. The third kappa shape index (κ3) is 3.31. The summed E-state index contributed by atoms with van der Waals surface area (Å²) in [4.78, 5) is 11.7. The van der Waals surface area contributed by atoms with E-state index in [2.05, 4.69) is 11.4 Å². The lowest BCUT2D eigenvalue weighted by Crippen LogP contribution is -2.53. The van der Waals surface area contributed by atoms with Crippen LogP contribution in [0.1, 0.15) is 19.3 Å². The number of hydrogen-bond donors (Lipinski definition) is 1. The van der Waals surface area contributed by atoms with E-state index in [9.17, 15) is 4.79 Å². The molecule has 1 fully saturated rings. The molecule has 4 nitrogen and oxygen atoms in total. The Bertz CT molecular complexity index is 536. The van der Waals surface area contributed by atoms with E-state index >= 15 is 0 Å². The number of carbonyl (C=O) groups excluding carboxylic acids is 1. The number of amides is 1. The average Bonchev–Trinajstić information content (AvgIpc) is 2.35. The van der Waals surface area contributed by atoms with Gasteiger partial charge in [0.2, 0.25) is 0 Å². The molecule has 0 unspecified atom stereocenters. The van der Waals surface area contributed by atoms with Crippen LogP contribution in [0.5, 0.6) is 5.75 Å². The summed E-state index contributed by atoms with van der Waals surface area (Å²) in [5, 5.41) is 12.6. The Labute approximate surface area is 121 Å². The molecule has 1 N–H and O–H groups in total. The molecule has 2 rings (SSSR count). The summed E-state index contributed by atoms with van der Waals surface area (Å²) in [6.07, 6.45) is 2.33. The van der Waals surface area contributed by atoms with Crippen LogP contribution in [0.25, 0.3) is 0 Å². The first-order chi connectivity index (χ1) is 9.04. The predicted octanol–water partition coefficient (Wildman–Crippen LogP) is 2.93. The number of hydrogen-bond acceptors (Lipinski definition) is 3. The largest absolute Gasteiger partial charge is 0.482 e. The highest BCUT2D eigenvalue weighted by atomic mass is 35.5. The molecule has 0 saturated heterocycles. The van der Waals surface area contributed by atoms with Gasteiger partial charge in [-0.25, -0.2) is 0 Å². The van der Waals surface area contributed by atoms with E-state index in [1.165, 1.54) is 0 Å². The van der Waals surface area contributed by atoms with Crippen LogP contribution in [0.2, 0.25) is 10.0 Å². The molecule has 0 atom stereocenters. The van der Waals surface area contributed by atoms with Crippen molar-refractivity contribution in [1.82, 2.24) is 5.32 Å². The molecule has 1 aliphatic rings. The van der Waals surface area contributed by atoms with Crippen molar-refractivity contribution >= 4 is 29.1 Å². The standard InChI is InChI=1S/C13H12Cl2N2O2/c14-9-2-3-10(15)11(6-9)19-7-12(18)17-13(8-16)4-1-5-13/h2-3,6H,1,4-5,7H2,(H,17,18). The molecule has 1 aliphatic carbocycles. The molecule has 0 aliphatic heterocycles. The third-order valence-electron chi connectivity index (χ3n) is 3.05. The topological polar surface area (TPSA) is 62.1 Å². The Morgan fingerprint density at radius 1 is 1.47 bits per heavy atom. The Balaban J connectivity index is 1.90. The number of nitrogens with zero attached hydrogens (tertiary/aromatic N) is 1. The zero-order valence-corrected chi connectivity index (χ0v) is 11.6. The van der Waals surface area contributed by atoms with Gasteiger partial charge in [0, 0.05) is 11.1 Å². The zero-order valence-electron chi connectivity index (χ0n) is 10.1. The fourth-order valence-corrected chi connectivity index (χ4v) is 2.16. The number of rotatable bonds is 4. The van der Waals surface area contributed by atoms with Gasteiger partial charge in [0.1, 0.15) is 11.3 Å². The molecule has 19 heavy (non-hydrogen) atoms. The Kier molecular flexibility index (Phi) is 4.18. The van der Waals surface area contributed by atoms with Crippen LogP contribution in [0.3, 0.4) is 0 Å². The molecule has 0 heterocycles. The molecule has 0 aromatic heterocycles. The molecular weight excluding hydrogens is 287 g/mol. The van der Waals surface area contributed by atoms with Gasteiger partial charge in [-0.2, -0.15) is 5.26 Å². The minimum atomic E-state index is -0.710. The summed E-state index contributed by atoms with van der Waals surface area (Å²) in [7, 11) is 0. The van der Waals surface area contributed by atoms with Crippen LogP contribution in [-0.4, -0.2) is 18.1 Å². The minimum Gasteiger partial charge on any atom is -0.482 e. The quantitative estimate of drug-likeness (QED) is 0.929. The second-order valence-corrected chi connectivity index (χ2v) is 5.30. The molecule has 1 aromatic rings. The lowest BCUT2D eigenvalue weighted by molar-refractivity contribution is -0.125. The second-order valence-electron chi connectivity index (χ2n) is 4.46. The Morgan fingerprint density at radius 2 is 2.21 bits per heavy atom. The number of benzene rings is 1. The van der Waals surface area contributed by atoms with Gasteiger partial charge in [0.15, 0.2) is 6.61 Å². The van der Waals surface area contributed by atoms with E-state index < -0.39 is 5.54 Å². The SMILES string of the molecule is N#CC1(NC(=O)COc2cc(Cl)ccc2Cl)CCC1. The second kappa shape index (κ2) is 5.68. The highest BCUT2D eigenvalue weighted by Gasteiger charge is 2.38. The van der Waals surface area contributed by atoms with Crippen LogP contribution < -0.4 is 10.1 Å². The van der Waals surface area contributed by atoms with Gasteiger partial charge in [-0.1, -0.05) is 23.2 Å². The molecule has 1 amide bonds. The monoisotopic (exact) mass is 298 g/mol. The Morgan fingerprint density at radius 3 is 2.79 bits per heavy atom. The van der Waals surface area contributed by atoms with E-state index in [0.717, 1.165) is 6.42 Å². The number of nitriles is 1. The maximum atomic E-state index is 11.7. The smallest absolute Gasteiger partial charge is 0.259 e. The van der Waals surface area contributed by atoms with Crippen molar-refractivity contribution in [1.29, 1.82) is 5.26 Å². The fourth-order valence-electron chi connectivity index (χ4n) is 1.83. The molecular formula is C13H12Cl2N2O2. The summed E-state index contributed by atoms with van der Waals surface area (Å²) in [5.74, 6) is 0.0150. The maximum absolute atomic E-state index is 11.7. The first-order valence-electron chi connectivity index (χ1n) is 5.85. The Hall–Kier alpha value is -1.44. The van der Waals surface area contributed by atoms with E-state index in [1.54, 1.807) is 18.2 Å². The van der Waals surface area contributed by atoms with Crippen molar-refractivity contribution in [2.75, 3.05) is 6.61 Å². The van der Waals surface area contributed by atoms with Crippen LogP contribution in [0.15, 0.2) is 18.2 Å². The normalized spacial score (nSPS) is 16.1. The van der Waals surface area contributed by atoms with Gasteiger partial charge in [-0.15, -0.1) is 0 Å². The number of halogens is 2. The van der Waals surface area contributed by atoms with Gasteiger partial charge in [0.05, 0.1) is 11.1 Å². The van der Waals surface area contributed by atoms with Crippen molar-refractivity contribution in [2.45, 2.75) is 24.8 Å². The lowest BCUT2D eigenvalue weighted by Gasteiger charge is -2.35. The van der Waals surface area contributed by atoms with Crippen LogP contribution in [-0.2, 0) is 4.79 Å². The van der Waals surface area contributed by atoms with E-state index in [4.69, 9.17) is 33.2 Å². The number of carbonyl (C=O) groups is 1. The fraction of sp³-hybridized carbons (Fsp3) is 0.385. The molecule has 100 valence electrons. The van der Waals surface area contributed by atoms with Gasteiger partial charge in [-0.05, 0) is 31.4 Å². The van der Waals surface area contributed by atoms with Gasteiger partial charge in [0.25, 0.3) is 5.91 Å². The first kappa shape index (κ1) is 14.0. The third-order valence-corrected chi connectivity index (χ3v) is 3.60. The zero-order chi connectivity index (χ0) is 13.9. The van der Waals surface area contributed by atoms with Gasteiger partial charge < -0.3 is 10.1 Å². The first-order valence-corrected chi connectivity index (χ1v) is 6.60. The highest BCUT2D eigenvalue weighted by molar-refractivity contribution is 6.34. The average molecular weight is 299 g/mol. The van der Waals surface area contributed by atoms with Gasteiger partial charge in [-0.3, -0.25) is 4.79 Å². The summed E-state index contributed by atoms with van der Waals surface area (Å²) < 4.78 is 5.30. The molecule has 0 bridgehead atoms. The number of ether oxygens (including phenoxy) is 1. The molecule has 6 heteroatoms. The highest BCUT2D eigenvalue weighted by Crippen LogP contribution is 2.31. The van der Waals surface area contributed by atoms with Crippen molar-refractivity contribution < 1.29 is 9.53 Å². The molecule has 1 saturated carbocycles. The summed E-state index contributed by atoms with van der Waals surface area (Å²) >= 11 is 11.7. The van der Waals surface area contributed by atoms with E-state index in [0.29, 0.717) is 28.6 Å². The number of nitrogens with one attached hydrogen (secondary N) is 1. The van der Waals surface area contributed by atoms with E-state index in [-0.39, 0.29) is 12.5 Å². The predicted molar refractivity (Wildman–Crippen MR) is 72.3 cm³/mol. The van der Waals surface area contributed by atoms with Crippen molar-refractivity contribution in [3.8, 4) is 11.8 Å². The molecule has 0 spiro atoms. The van der Waals surface area contributed by atoms with Crippen LogP contribution in [0, 0.1) is 11.3 Å².